The van der Waals surface area contributed by atoms with Gasteiger partial charge in [-0.3, -0.25) is 4.79 Å². The monoisotopic (exact) mass is 247 g/mol. The third-order valence-corrected chi connectivity index (χ3v) is 2.50. The van der Waals surface area contributed by atoms with Crippen LogP contribution in [0.2, 0.25) is 0 Å². The Morgan fingerprint density at radius 3 is 2.67 bits per heavy atom. The van der Waals surface area contributed by atoms with E-state index in [1.54, 1.807) is 0 Å². The number of carboxylic acid groups (broad SMARTS) is 1. The predicted molar refractivity (Wildman–Crippen MR) is 62.9 cm³/mol. The van der Waals surface area contributed by atoms with Crippen molar-refractivity contribution in [1.29, 1.82) is 0 Å². The number of benzene rings is 1. The van der Waals surface area contributed by atoms with Gasteiger partial charge in [-0.2, -0.15) is 0 Å². The summed E-state index contributed by atoms with van der Waals surface area (Å²) in [6.07, 6.45) is 0. The molecule has 6 nitrogen and oxygen atoms in total. The van der Waals surface area contributed by atoms with Gasteiger partial charge in [0.05, 0.1) is 18.2 Å². The molecule has 0 aliphatic rings. The molecular formula is C12H9NO5. The molecule has 0 bridgehead atoms. The highest BCUT2D eigenvalue weighted by Gasteiger charge is 2.14. The lowest BCUT2D eigenvalue weighted by Crippen LogP contribution is -2.13. The average Bonchev–Trinajstić information content (AvgIpc) is 2.36. The number of hydrogen-bond acceptors (Lipinski definition) is 4. The number of fused-ring (bicyclic) bond motifs is 1. The summed E-state index contributed by atoms with van der Waals surface area (Å²) in [5.41, 5.74) is -0.482. The highest BCUT2D eigenvalue weighted by molar-refractivity contribution is 6.02. The van der Waals surface area contributed by atoms with Gasteiger partial charge in [0.25, 0.3) is 0 Å². The van der Waals surface area contributed by atoms with Gasteiger partial charge < -0.3 is 14.8 Å². The van der Waals surface area contributed by atoms with Gasteiger partial charge in [-0.05, 0) is 12.1 Å². The number of carbonyl (C=O) groups is 2. The largest absolute Gasteiger partial charge is 0.478 e. The van der Waals surface area contributed by atoms with Crippen LogP contribution in [0.15, 0.2) is 29.1 Å². The number of aromatic amines is 1. The zero-order chi connectivity index (χ0) is 13.3. The number of H-pyrrole nitrogens is 1. The number of pyridine rings is 1. The Kier molecular flexibility index (Phi) is 2.85. The lowest BCUT2D eigenvalue weighted by molar-refractivity contribution is 0.0593. The number of carboxylic acids is 1. The maximum absolute atomic E-state index is 11.8. The molecule has 2 N–H and O–H groups in total. The maximum Gasteiger partial charge on any atom is 0.354 e. The molecule has 0 saturated heterocycles. The van der Waals surface area contributed by atoms with Crippen LogP contribution in [-0.4, -0.2) is 29.1 Å². The van der Waals surface area contributed by atoms with Crippen LogP contribution >= 0.6 is 0 Å². The van der Waals surface area contributed by atoms with Crippen molar-refractivity contribution < 1.29 is 19.4 Å². The van der Waals surface area contributed by atoms with Crippen LogP contribution in [0.4, 0.5) is 0 Å². The number of hydrogen-bond donors (Lipinski definition) is 2. The van der Waals surface area contributed by atoms with Crippen LogP contribution in [0.3, 0.4) is 0 Å². The van der Waals surface area contributed by atoms with Crippen molar-refractivity contribution in [2.45, 2.75) is 0 Å². The molecule has 2 aromatic rings. The minimum atomic E-state index is -1.18. The fourth-order valence-corrected chi connectivity index (χ4v) is 1.67. The van der Waals surface area contributed by atoms with Crippen molar-refractivity contribution in [3.63, 3.8) is 0 Å². The van der Waals surface area contributed by atoms with Gasteiger partial charge >= 0.3 is 11.9 Å². The Bertz CT molecular complexity index is 701. The first-order chi connectivity index (χ1) is 8.54. The molecule has 0 aliphatic carbocycles. The van der Waals surface area contributed by atoms with E-state index in [1.165, 1.54) is 25.3 Å². The van der Waals surface area contributed by atoms with E-state index >= 15 is 0 Å². The molecule has 0 radical (unpaired) electrons. The minimum absolute atomic E-state index is 0.0737. The molecule has 18 heavy (non-hydrogen) atoms. The molecule has 0 atom stereocenters. The summed E-state index contributed by atoms with van der Waals surface area (Å²) in [6, 6.07) is 5.39. The molecule has 6 heteroatoms. The molecule has 0 aliphatic heterocycles. The Labute approximate surface area is 101 Å². The van der Waals surface area contributed by atoms with E-state index in [-0.39, 0.29) is 22.2 Å². The number of para-hydroxylation sites is 1. The standard InChI is InChI=1S/C12H9NO5/c1-18-12(17)8-5-9(14)6-3-2-4-7(11(15)16)10(6)13-8/h2-5H,1H3,(H,13,14)(H,15,16). The number of aromatic carboxylic acids is 1. The molecule has 0 spiro atoms. The van der Waals surface area contributed by atoms with Gasteiger partial charge in [0.15, 0.2) is 5.43 Å². The highest BCUT2D eigenvalue weighted by Crippen LogP contribution is 2.14. The smallest absolute Gasteiger partial charge is 0.354 e. The number of rotatable bonds is 2. The van der Waals surface area contributed by atoms with Gasteiger partial charge in [0, 0.05) is 11.5 Å². The molecule has 1 aromatic heterocycles. The number of aromatic nitrogens is 1. The highest BCUT2D eigenvalue weighted by atomic mass is 16.5. The Balaban J connectivity index is 2.84. The van der Waals surface area contributed by atoms with Crippen LogP contribution in [0.5, 0.6) is 0 Å². The minimum Gasteiger partial charge on any atom is -0.478 e. The van der Waals surface area contributed by atoms with Crippen molar-refractivity contribution in [3.8, 4) is 0 Å². The topological polar surface area (TPSA) is 96.5 Å². The van der Waals surface area contributed by atoms with Crippen LogP contribution in [0, 0.1) is 0 Å². The number of methoxy groups -OCH3 is 1. The fourth-order valence-electron chi connectivity index (χ4n) is 1.67. The second-order valence-electron chi connectivity index (χ2n) is 3.57. The lowest BCUT2D eigenvalue weighted by Gasteiger charge is -2.05. The lowest BCUT2D eigenvalue weighted by atomic mass is 10.1. The maximum atomic E-state index is 11.8. The van der Waals surface area contributed by atoms with Crippen molar-refractivity contribution in [3.05, 3.63) is 45.7 Å². The molecular weight excluding hydrogens is 238 g/mol. The fraction of sp³-hybridized carbons (Fsp3) is 0.0833. The third kappa shape index (κ3) is 1.84. The summed E-state index contributed by atoms with van der Waals surface area (Å²) in [7, 11) is 1.17. The molecule has 2 rings (SSSR count). The molecule has 0 fully saturated rings. The first kappa shape index (κ1) is 11.8. The molecule has 1 heterocycles. The van der Waals surface area contributed by atoms with Crippen molar-refractivity contribution in [2.24, 2.45) is 0 Å². The number of carbonyl (C=O) groups excluding carboxylic acids is 1. The van der Waals surface area contributed by atoms with Crippen LogP contribution in [-0.2, 0) is 4.74 Å². The van der Waals surface area contributed by atoms with E-state index in [0.717, 1.165) is 6.07 Å². The molecule has 0 amide bonds. The molecule has 1 aromatic carbocycles. The predicted octanol–water partition coefficient (Wildman–Crippen LogP) is 1.01. The average molecular weight is 247 g/mol. The van der Waals surface area contributed by atoms with E-state index in [1.807, 2.05) is 0 Å². The third-order valence-electron chi connectivity index (χ3n) is 2.50. The molecule has 0 unspecified atom stereocenters. The summed E-state index contributed by atoms with van der Waals surface area (Å²) in [5, 5.41) is 9.23. The SMILES string of the molecule is COC(=O)c1cc(=O)c2cccc(C(=O)O)c2[nH]1. The molecule has 0 saturated carbocycles. The first-order valence-corrected chi connectivity index (χ1v) is 5.02. The van der Waals surface area contributed by atoms with E-state index in [4.69, 9.17) is 5.11 Å². The summed E-state index contributed by atoms with van der Waals surface area (Å²) in [4.78, 5) is 36.8. The van der Waals surface area contributed by atoms with Crippen molar-refractivity contribution in [2.75, 3.05) is 7.11 Å². The van der Waals surface area contributed by atoms with E-state index in [9.17, 15) is 14.4 Å². The number of ether oxygens (including phenoxy) is 1. The normalized spacial score (nSPS) is 10.3. The quantitative estimate of drug-likeness (QED) is 0.772. The summed E-state index contributed by atoms with van der Waals surface area (Å²) < 4.78 is 4.48. The van der Waals surface area contributed by atoms with Gasteiger partial charge in [-0.15, -0.1) is 0 Å². The second-order valence-corrected chi connectivity index (χ2v) is 3.57. The van der Waals surface area contributed by atoms with Gasteiger partial charge in [0.2, 0.25) is 0 Å². The van der Waals surface area contributed by atoms with Crippen LogP contribution < -0.4 is 5.43 Å². The van der Waals surface area contributed by atoms with E-state index < -0.39 is 17.4 Å². The van der Waals surface area contributed by atoms with Crippen molar-refractivity contribution >= 4 is 22.8 Å². The Morgan fingerprint density at radius 2 is 2.06 bits per heavy atom. The zero-order valence-electron chi connectivity index (χ0n) is 9.39. The summed E-state index contributed by atoms with van der Waals surface area (Å²) in [5.74, 6) is -1.91. The van der Waals surface area contributed by atoms with Gasteiger partial charge in [-0.25, -0.2) is 9.59 Å². The van der Waals surface area contributed by atoms with Gasteiger partial charge in [-0.1, -0.05) is 6.07 Å². The van der Waals surface area contributed by atoms with Crippen LogP contribution in [0.1, 0.15) is 20.8 Å². The van der Waals surface area contributed by atoms with Crippen LogP contribution in [0.25, 0.3) is 10.9 Å². The summed E-state index contributed by atoms with van der Waals surface area (Å²) in [6.45, 7) is 0. The summed E-state index contributed by atoms with van der Waals surface area (Å²) >= 11 is 0. The van der Waals surface area contributed by atoms with E-state index in [2.05, 4.69) is 9.72 Å². The molecule has 92 valence electrons. The zero-order valence-corrected chi connectivity index (χ0v) is 9.39. The second kappa shape index (κ2) is 4.33. The number of esters is 1. The van der Waals surface area contributed by atoms with Gasteiger partial charge in [0.1, 0.15) is 5.69 Å². The Hall–Kier alpha value is -2.63. The number of nitrogens with one attached hydrogen (secondary N) is 1. The van der Waals surface area contributed by atoms with E-state index in [0.29, 0.717) is 0 Å². The van der Waals surface area contributed by atoms with Crippen molar-refractivity contribution in [1.82, 2.24) is 4.98 Å². The Morgan fingerprint density at radius 1 is 1.33 bits per heavy atom. The first-order valence-electron chi connectivity index (χ1n) is 5.02.